The van der Waals surface area contributed by atoms with Crippen molar-refractivity contribution in [1.82, 2.24) is 10.2 Å². The molecule has 1 aliphatic heterocycles. The lowest BCUT2D eigenvalue weighted by Crippen LogP contribution is -2.54. The fraction of sp³-hybridized carbons (Fsp3) is 0.625. The van der Waals surface area contributed by atoms with Crippen LogP contribution in [-0.4, -0.2) is 43.3 Å². The third-order valence-electron chi connectivity index (χ3n) is 3.95. The Labute approximate surface area is 130 Å². The van der Waals surface area contributed by atoms with Gasteiger partial charge in [0.25, 0.3) is 0 Å². The molecule has 0 spiro atoms. The van der Waals surface area contributed by atoms with E-state index in [-0.39, 0.29) is 5.54 Å². The Morgan fingerprint density at radius 2 is 2.00 bits per heavy atom. The third kappa shape index (κ3) is 4.29. The van der Waals surface area contributed by atoms with E-state index >= 15 is 0 Å². The van der Waals surface area contributed by atoms with Crippen molar-refractivity contribution < 1.29 is 4.74 Å². The summed E-state index contributed by atoms with van der Waals surface area (Å²) in [6, 6.07) is 6.52. The lowest BCUT2D eigenvalue weighted by Gasteiger charge is -2.41. The van der Waals surface area contributed by atoms with Crippen LogP contribution in [-0.2, 0) is 11.3 Å². The van der Waals surface area contributed by atoms with Gasteiger partial charge < -0.3 is 10.1 Å². The van der Waals surface area contributed by atoms with E-state index in [1.54, 1.807) is 0 Å². The monoisotopic (exact) mass is 340 g/mol. The number of ether oxygens (including phenoxy) is 1. The molecule has 112 valence electrons. The molecule has 1 aromatic carbocycles. The van der Waals surface area contributed by atoms with E-state index in [9.17, 15) is 0 Å². The lowest BCUT2D eigenvalue weighted by atomic mass is 10.0. The van der Waals surface area contributed by atoms with Crippen molar-refractivity contribution in [1.29, 1.82) is 0 Å². The normalized spacial score (nSPS) is 17.4. The molecule has 1 aliphatic rings. The van der Waals surface area contributed by atoms with Gasteiger partial charge in [-0.3, -0.25) is 4.90 Å². The zero-order valence-corrected chi connectivity index (χ0v) is 14.3. The average Bonchev–Trinajstić information content (AvgIpc) is 2.42. The van der Waals surface area contributed by atoms with Gasteiger partial charge in [0.05, 0.1) is 13.2 Å². The molecule has 0 amide bonds. The second-order valence-electron chi connectivity index (χ2n) is 6.11. The van der Waals surface area contributed by atoms with Gasteiger partial charge in [-0.25, -0.2) is 0 Å². The largest absolute Gasteiger partial charge is 0.379 e. The van der Waals surface area contributed by atoms with E-state index in [0.717, 1.165) is 39.4 Å². The van der Waals surface area contributed by atoms with Crippen LogP contribution in [0.2, 0.25) is 0 Å². The van der Waals surface area contributed by atoms with Crippen LogP contribution in [0.1, 0.15) is 25.0 Å². The van der Waals surface area contributed by atoms with E-state index in [2.05, 4.69) is 65.1 Å². The fourth-order valence-corrected chi connectivity index (χ4v) is 3.21. The van der Waals surface area contributed by atoms with Crippen LogP contribution in [0.25, 0.3) is 0 Å². The molecule has 0 aliphatic carbocycles. The second-order valence-corrected chi connectivity index (χ2v) is 6.96. The van der Waals surface area contributed by atoms with E-state index in [0.29, 0.717) is 0 Å². The van der Waals surface area contributed by atoms with Crippen LogP contribution in [0, 0.1) is 6.92 Å². The van der Waals surface area contributed by atoms with Crippen LogP contribution in [0.15, 0.2) is 22.7 Å². The number of aryl methyl sites for hydroxylation is 1. The van der Waals surface area contributed by atoms with Crippen molar-refractivity contribution in [2.75, 3.05) is 32.8 Å². The number of morpholine rings is 1. The number of rotatable bonds is 5. The zero-order valence-electron chi connectivity index (χ0n) is 12.7. The van der Waals surface area contributed by atoms with E-state index < -0.39 is 0 Å². The summed E-state index contributed by atoms with van der Waals surface area (Å²) in [4.78, 5) is 2.51. The summed E-state index contributed by atoms with van der Waals surface area (Å²) in [7, 11) is 0. The Kier molecular flexibility index (Phi) is 5.61. The molecule has 3 nitrogen and oxygen atoms in total. The van der Waals surface area contributed by atoms with Gasteiger partial charge in [0.1, 0.15) is 0 Å². The molecule has 1 saturated heterocycles. The summed E-state index contributed by atoms with van der Waals surface area (Å²) >= 11 is 3.64. The van der Waals surface area contributed by atoms with Gasteiger partial charge in [-0.2, -0.15) is 0 Å². The second kappa shape index (κ2) is 7.03. The number of nitrogens with one attached hydrogen (secondary N) is 1. The minimum absolute atomic E-state index is 0.168. The molecule has 0 aromatic heterocycles. The summed E-state index contributed by atoms with van der Waals surface area (Å²) in [5.74, 6) is 0. The van der Waals surface area contributed by atoms with Crippen molar-refractivity contribution in [3.8, 4) is 0 Å². The Morgan fingerprint density at radius 3 is 2.65 bits per heavy atom. The van der Waals surface area contributed by atoms with Gasteiger partial charge in [-0.15, -0.1) is 0 Å². The molecule has 1 fully saturated rings. The number of hydrogen-bond acceptors (Lipinski definition) is 3. The molecule has 1 N–H and O–H groups in total. The van der Waals surface area contributed by atoms with Crippen LogP contribution >= 0.6 is 15.9 Å². The highest BCUT2D eigenvalue weighted by Gasteiger charge is 2.27. The highest BCUT2D eigenvalue weighted by Crippen LogP contribution is 2.19. The average molecular weight is 341 g/mol. The van der Waals surface area contributed by atoms with Crippen molar-refractivity contribution >= 4 is 15.9 Å². The van der Waals surface area contributed by atoms with Crippen LogP contribution in [0.3, 0.4) is 0 Å². The molecule has 20 heavy (non-hydrogen) atoms. The van der Waals surface area contributed by atoms with Gasteiger partial charge in [0.2, 0.25) is 0 Å². The summed E-state index contributed by atoms with van der Waals surface area (Å²) in [6.07, 6.45) is 0. The topological polar surface area (TPSA) is 24.5 Å². The third-order valence-corrected chi connectivity index (χ3v) is 4.69. The molecule has 0 radical (unpaired) electrons. The molecule has 1 aromatic rings. The molecule has 0 unspecified atom stereocenters. The number of nitrogens with zero attached hydrogens (tertiary/aromatic N) is 1. The smallest absolute Gasteiger partial charge is 0.0594 e. The van der Waals surface area contributed by atoms with Crippen molar-refractivity contribution in [3.05, 3.63) is 33.8 Å². The molecule has 4 heteroatoms. The van der Waals surface area contributed by atoms with E-state index in [1.807, 2.05) is 0 Å². The van der Waals surface area contributed by atoms with Gasteiger partial charge in [-0.05, 0) is 38.0 Å². The summed E-state index contributed by atoms with van der Waals surface area (Å²) in [5.41, 5.74) is 2.77. The fourth-order valence-electron chi connectivity index (χ4n) is 2.58. The Balaban J connectivity index is 1.85. The van der Waals surface area contributed by atoms with Crippen molar-refractivity contribution in [2.24, 2.45) is 0 Å². The number of hydrogen-bond donors (Lipinski definition) is 1. The summed E-state index contributed by atoms with van der Waals surface area (Å²) < 4.78 is 6.62. The lowest BCUT2D eigenvalue weighted by molar-refractivity contribution is -0.00967. The Morgan fingerprint density at radius 1 is 1.30 bits per heavy atom. The maximum Gasteiger partial charge on any atom is 0.0594 e. The van der Waals surface area contributed by atoms with Gasteiger partial charge in [-0.1, -0.05) is 28.1 Å². The maximum atomic E-state index is 5.43. The maximum absolute atomic E-state index is 5.43. The standard InChI is InChI=1S/C16H25BrN2O/c1-13-4-5-14(15(17)10-13)11-18-12-16(2,3)19-6-8-20-9-7-19/h4-5,10,18H,6-9,11-12H2,1-3H3. The quantitative estimate of drug-likeness (QED) is 0.891. The molecule has 0 saturated carbocycles. The molecule has 2 rings (SSSR count). The van der Waals surface area contributed by atoms with Crippen LogP contribution in [0.5, 0.6) is 0 Å². The first-order valence-corrected chi connectivity index (χ1v) is 8.07. The summed E-state index contributed by atoms with van der Waals surface area (Å²) in [6.45, 7) is 12.4. The van der Waals surface area contributed by atoms with Crippen molar-refractivity contribution in [3.63, 3.8) is 0 Å². The number of benzene rings is 1. The first kappa shape index (κ1) is 16.0. The first-order valence-electron chi connectivity index (χ1n) is 7.27. The molecule has 1 heterocycles. The number of halogens is 1. The van der Waals surface area contributed by atoms with Gasteiger partial charge in [0.15, 0.2) is 0 Å². The van der Waals surface area contributed by atoms with Crippen LogP contribution in [0.4, 0.5) is 0 Å². The summed E-state index contributed by atoms with van der Waals surface area (Å²) in [5, 5.41) is 3.59. The Bertz CT molecular complexity index is 442. The minimum Gasteiger partial charge on any atom is -0.379 e. The van der Waals surface area contributed by atoms with Gasteiger partial charge in [0, 0.05) is 36.2 Å². The molecule has 0 atom stereocenters. The predicted molar refractivity (Wildman–Crippen MR) is 87.1 cm³/mol. The predicted octanol–water partition coefficient (Wildman–Crippen LogP) is 2.96. The van der Waals surface area contributed by atoms with Gasteiger partial charge >= 0.3 is 0 Å². The molecule has 0 bridgehead atoms. The zero-order chi connectivity index (χ0) is 14.6. The van der Waals surface area contributed by atoms with E-state index in [4.69, 9.17) is 4.74 Å². The van der Waals surface area contributed by atoms with Crippen LogP contribution < -0.4 is 5.32 Å². The highest BCUT2D eigenvalue weighted by molar-refractivity contribution is 9.10. The van der Waals surface area contributed by atoms with Crippen molar-refractivity contribution in [2.45, 2.75) is 32.9 Å². The van der Waals surface area contributed by atoms with E-state index in [1.165, 1.54) is 15.6 Å². The highest BCUT2D eigenvalue weighted by atomic mass is 79.9. The molecular weight excluding hydrogens is 316 g/mol. The Hall–Kier alpha value is -0.420. The SMILES string of the molecule is Cc1ccc(CNCC(C)(C)N2CCOCC2)c(Br)c1. The molecular formula is C16H25BrN2O. The minimum atomic E-state index is 0.168. The first-order chi connectivity index (χ1) is 9.49.